The number of anilines is 2. The zero-order valence-corrected chi connectivity index (χ0v) is 22.5. The van der Waals surface area contributed by atoms with Crippen molar-refractivity contribution in [3.8, 4) is 11.5 Å². The molecule has 0 atom stereocenters. The van der Waals surface area contributed by atoms with E-state index in [0.29, 0.717) is 11.3 Å². The molecule has 3 rings (SSSR count). The van der Waals surface area contributed by atoms with Gasteiger partial charge in [0.05, 0.1) is 26.2 Å². The molecule has 1 heterocycles. The SMILES string of the molecule is CCOC(=O)Cc1cc(OCC)c(Nc2cccc(C(N)=NC(=O)OCc3oc(=O)oc3C)c2)c(OCC)c1F. The van der Waals surface area contributed by atoms with Crippen molar-refractivity contribution in [1.29, 1.82) is 0 Å². The topological polar surface area (TPSA) is 165 Å². The Hall–Kier alpha value is -4.81. The third-order valence-electron chi connectivity index (χ3n) is 5.29. The molecule has 0 unspecified atom stereocenters. The van der Waals surface area contributed by atoms with Crippen molar-refractivity contribution < 1.29 is 41.8 Å². The van der Waals surface area contributed by atoms with Crippen LogP contribution in [0.3, 0.4) is 0 Å². The van der Waals surface area contributed by atoms with Gasteiger partial charge in [-0.1, -0.05) is 12.1 Å². The Labute approximate surface area is 228 Å². The molecule has 1 aromatic heterocycles. The molecule has 0 spiro atoms. The van der Waals surface area contributed by atoms with Crippen LogP contribution >= 0.6 is 0 Å². The second kappa shape index (κ2) is 13.8. The van der Waals surface area contributed by atoms with Crippen molar-refractivity contribution in [3.63, 3.8) is 0 Å². The zero-order chi connectivity index (χ0) is 29.2. The smallest absolute Gasteiger partial charge is 0.492 e. The van der Waals surface area contributed by atoms with Crippen LogP contribution < -0.4 is 26.3 Å². The van der Waals surface area contributed by atoms with Crippen LogP contribution in [0.2, 0.25) is 0 Å². The maximum absolute atomic E-state index is 15.5. The minimum absolute atomic E-state index is 0.0500. The van der Waals surface area contributed by atoms with Gasteiger partial charge in [-0.2, -0.15) is 4.99 Å². The van der Waals surface area contributed by atoms with Crippen LogP contribution in [-0.2, 0) is 27.3 Å². The summed E-state index contributed by atoms with van der Waals surface area (Å²) >= 11 is 0. The molecule has 0 saturated carbocycles. The van der Waals surface area contributed by atoms with E-state index >= 15 is 4.39 Å². The minimum Gasteiger partial charge on any atom is -0.492 e. The van der Waals surface area contributed by atoms with Crippen LogP contribution in [0, 0.1) is 12.7 Å². The van der Waals surface area contributed by atoms with Crippen LogP contribution in [0.4, 0.5) is 20.6 Å². The average molecular weight is 560 g/mol. The minimum atomic E-state index is -1.02. The quantitative estimate of drug-likeness (QED) is 0.184. The van der Waals surface area contributed by atoms with Gasteiger partial charge in [0.15, 0.2) is 29.7 Å². The molecule has 0 bridgehead atoms. The Morgan fingerprint density at radius 2 is 1.80 bits per heavy atom. The molecule has 3 N–H and O–H groups in total. The van der Waals surface area contributed by atoms with Crippen molar-refractivity contribution in [2.75, 3.05) is 25.1 Å². The van der Waals surface area contributed by atoms with Gasteiger partial charge in [-0.3, -0.25) is 4.79 Å². The number of benzene rings is 2. The lowest BCUT2D eigenvalue weighted by atomic mass is 10.1. The van der Waals surface area contributed by atoms with Crippen LogP contribution in [-0.4, -0.2) is 37.7 Å². The van der Waals surface area contributed by atoms with E-state index in [-0.39, 0.29) is 73.0 Å². The van der Waals surface area contributed by atoms with E-state index in [0.717, 1.165) is 0 Å². The third-order valence-corrected chi connectivity index (χ3v) is 5.29. The number of nitrogens with one attached hydrogen (secondary N) is 1. The van der Waals surface area contributed by atoms with Crippen LogP contribution in [0.15, 0.2) is 49.0 Å². The second-order valence-corrected chi connectivity index (χ2v) is 8.09. The van der Waals surface area contributed by atoms with E-state index in [2.05, 4.69) is 10.3 Å². The van der Waals surface area contributed by atoms with Crippen molar-refractivity contribution >= 4 is 29.3 Å². The molecule has 13 heteroatoms. The molecule has 1 amide bonds. The van der Waals surface area contributed by atoms with Crippen molar-refractivity contribution in [2.24, 2.45) is 10.7 Å². The molecule has 0 aliphatic carbocycles. The van der Waals surface area contributed by atoms with Crippen molar-refractivity contribution in [1.82, 2.24) is 0 Å². The number of amidine groups is 1. The number of aryl methyl sites for hydroxylation is 1. The first-order valence-corrected chi connectivity index (χ1v) is 12.4. The Balaban J connectivity index is 1.87. The maximum atomic E-state index is 15.5. The first-order valence-electron chi connectivity index (χ1n) is 12.4. The predicted molar refractivity (Wildman–Crippen MR) is 142 cm³/mol. The molecule has 12 nitrogen and oxygen atoms in total. The molecule has 3 aromatic rings. The fraction of sp³-hybridized carbons (Fsp3) is 0.333. The van der Waals surface area contributed by atoms with E-state index in [1.54, 1.807) is 45.0 Å². The standard InChI is InChI=1S/C27H30FN3O9/c1-5-35-19-12-17(13-21(32)36-6-2)22(28)24(37-7-3)23(19)30-18-10-8-9-16(11-18)25(29)31-26(33)38-14-20-15(4)39-27(34)40-20/h8-12,30H,5-7,13-14H2,1-4H3,(H2,29,31,33). The van der Waals surface area contributed by atoms with Gasteiger partial charge < -0.3 is 38.8 Å². The largest absolute Gasteiger partial charge is 0.519 e. The third kappa shape index (κ3) is 7.62. The number of amides is 1. The van der Waals surface area contributed by atoms with Gasteiger partial charge in [0, 0.05) is 16.8 Å². The Kier molecular flexibility index (Phi) is 10.3. The van der Waals surface area contributed by atoms with E-state index in [1.165, 1.54) is 13.0 Å². The van der Waals surface area contributed by atoms with Crippen molar-refractivity contribution in [2.45, 2.75) is 40.7 Å². The van der Waals surface area contributed by atoms with E-state index in [4.69, 9.17) is 33.5 Å². The summed E-state index contributed by atoms with van der Waals surface area (Å²) in [6, 6.07) is 7.91. The lowest BCUT2D eigenvalue weighted by molar-refractivity contribution is -0.142. The molecule has 0 aliphatic rings. The fourth-order valence-corrected chi connectivity index (χ4v) is 3.55. The summed E-state index contributed by atoms with van der Waals surface area (Å²) in [5.41, 5.74) is 7.05. The number of nitrogens with two attached hydrogens (primary N) is 1. The summed E-state index contributed by atoms with van der Waals surface area (Å²) in [4.78, 5) is 39.0. The van der Waals surface area contributed by atoms with Gasteiger partial charge in [-0.05, 0) is 45.9 Å². The van der Waals surface area contributed by atoms with Gasteiger partial charge in [-0.15, -0.1) is 0 Å². The highest BCUT2D eigenvalue weighted by Crippen LogP contribution is 2.41. The van der Waals surface area contributed by atoms with E-state index < -0.39 is 23.7 Å². The Morgan fingerprint density at radius 3 is 2.45 bits per heavy atom. The number of aliphatic imine (C=N–C) groups is 1. The summed E-state index contributed by atoms with van der Waals surface area (Å²) in [6.45, 7) is 6.80. The van der Waals surface area contributed by atoms with Crippen molar-refractivity contribution in [3.05, 3.63) is 69.4 Å². The molecule has 0 aliphatic heterocycles. The second-order valence-electron chi connectivity index (χ2n) is 8.09. The predicted octanol–water partition coefficient (Wildman–Crippen LogP) is 4.37. The Bertz CT molecular complexity index is 1450. The van der Waals surface area contributed by atoms with Gasteiger partial charge in [-0.25, -0.2) is 14.0 Å². The van der Waals surface area contributed by atoms with Crippen LogP contribution in [0.5, 0.6) is 11.5 Å². The van der Waals surface area contributed by atoms with E-state index in [1.807, 2.05) is 0 Å². The summed E-state index contributed by atoms with van der Waals surface area (Å²) in [5, 5.41) is 3.08. The summed E-state index contributed by atoms with van der Waals surface area (Å²) in [5.74, 6) is -2.05. The molecule has 214 valence electrons. The highest BCUT2D eigenvalue weighted by molar-refractivity contribution is 6.03. The van der Waals surface area contributed by atoms with E-state index in [9.17, 15) is 14.4 Å². The van der Waals surface area contributed by atoms with Crippen LogP contribution in [0.25, 0.3) is 0 Å². The number of carbonyl (C=O) groups is 2. The monoisotopic (exact) mass is 559 g/mol. The average Bonchev–Trinajstić information content (AvgIpc) is 3.24. The summed E-state index contributed by atoms with van der Waals surface area (Å²) in [6.07, 6.45) is -1.32. The molecule has 0 fully saturated rings. The number of esters is 1. The fourth-order valence-electron chi connectivity index (χ4n) is 3.55. The van der Waals surface area contributed by atoms with Crippen LogP contribution in [0.1, 0.15) is 43.4 Å². The number of hydrogen-bond donors (Lipinski definition) is 2. The maximum Gasteiger partial charge on any atom is 0.519 e. The number of carbonyl (C=O) groups excluding carboxylic acids is 2. The molecule has 40 heavy (non-hydrogen) atoms. The number of ether oxygens (including phenoxy) is 4. The molecule has 2 aromatic carbocycles. The molecule has 0 radical (unpaired) electrons. The summed E-state index contributed by atoms with van der Waals surface area (Å²) < 4.78 is 46.2. The molecular formula is C27H30FN3O9. The van der Waals surface area contributed by atoms with Gasteiger partial charge in [0.1, 0.15) is 17.3 Å². The highest BCUT2D eigenvalue weighted by atomic mass is 19.1. The molecule has 0 saturated heterocycles. The lowest BCUT2D eigenvalue weighted by Crippen LogP contribution is -2.16. The van der Waals surface area contributed by atoms with Gasteiger partial charge in [0.2, 0.25) is 0 Å². The normalized spacial score (nSPS) is 11.2. The van der Waals surface area contributed by atoms with Gasteiger partial charge >= 0.3 is 17.9 Å². The zero-order valence-electron chi connectivity index (χ0n) is 22.5. The summed E-state index contributed by atoms with van der Waals surface area (Å²) in [7, 11) is 0. The number of hydrogen-bond acceptors (Lipinski definition) is 10. The van der Waals surface area contributed by atoms with Gasteiger partial charge in [0.25, 0.3) is 0 Å². The lowest BCUT2D eigenvalue weighted by Gasteiger charge is -2.20. The molecular weight excluding hydrogens is 529 g/mol. The highest BCUT2D eigenvalue weighted by Gasteiger charge is 2.23. The Morgan fingerprint density at radius 1 is 1.05 bits per heavy atom. The first-order chi connectivity index (χ1) is 19.2. The first kappa shape index (κ1) is 29.7. The number of nitrogens with zero attached hydrogens (tertiary/aromatic N) is 1. The number of halogens is 1. The number of rotatable bonds is 12.